The van der Waals surface area contributed by atoms with E-state index >= 15 is 0 Å². The number of hydrogen-bond donors (Lipinski definition) is 4. The topological polar surface area (TPSA) is 123 Å². The first-order valence-corrected chi connectivity index (χ1v) is 5.24. The summed E-state index contributed by atoms with van der Waals surface area (Å²) in [5, 5.41) is 16.8. The average molecular weight is 264 g/mol. The average Bonchev–Trinajstić information content (AvgIpc) is 2.39. The van der Waals surface area contributed by atoms with Crippen LogP contribution in [0, 0.1) is 0 Å². The van der Waals surface area contributed by atoms with Crippen LogP contribution in [0.3, 0.4) is 0 Å². The number of H-pyrrole nitrogens is 2. The number of aromatic carboxylic acids is 1. The van der Waals surface area contributed by atoms with Gasteiger partial charge in [-0.2, -0.15) is 0 Å². The summed E-state index contributed by atoms with van der Waals surface area (Å²) >= 11 is 0. The summed E-state index contributed by atoms with van der Waals surface area (Å²) in [6.45, 7) is -0.115. The van der Waals surface area contributed by atoms with E-state index < -0.39 is 11.5 Å². The summed E-state index contributed by atoms with van der Waals surface area (Å²) in [5.74, 6) is -1.13. The van der Waals surface area contributed by atoms with Crippen molar-refractivity contribution < 1.29 is 15.0 Å². The first-order chi connectivity index (χ1) is 9.02. The van der Waals surface area contributed by atoms with Crippen molar-refractivity contribution in [1.29, 1.82) is 0 Å². The van der Waals surface area contributed by atoms with Crippen molar-refractivity contribution in [3.63, 3.8) is 0 Å². The third-order valence-corrected chi connectivity index (χ3v) is 2.00. The minimum absolute atomic E-state index is 0.0903. The maximum atomic E-state index is 10.5. The highest BCUT2D eigenvalue weighted by atomic mass is 16.4. The number of aromatic nitrogens is 2. The number of carbonyl (C=O) groups is 1. The molecule has 7 heteroatoms. The number of aromatic amines is 2. The van der Waals surface area contributed by atoms with Gasteiger partial charge >= 0.3 is 5.97 Å². The van der Waals surface area contributed by atoms with E-state index in [9.17, 15) is 14.4 Å². The van der Waals surface area contributed by atoms with Gasteiger partial charge in [-0.25, -0.2) is 4.79 Å². The molecule has 0 spiro atoms. The van der Waals surface area contributed by atoms with Crippen LogP contribution >= 0.6 is 0 Å². The summed E-state index contributed by atoms with van der Waals surface area (Å²) in [5.41, 5.74) is -0.128. The molecule has 2 aromatic heterocycles. The Labute approximate surface area is 107 Å². The van der Waals surface area contributed by atoms with Crippen molar-refractivity contribution in [3.8, 4) is 0 Å². The van der Waals surface area contributed by atoms with Crippen LogP contribution in [-0.2, 0) is 6.61 Å². The highest BCUT2D eigenvalue weighted by Gasteiger charge is 1.99. The van der Waals surface area contributed by atoms with Gasteiger partial charge in [0.05, 0.1) is 6.61 Å². The second-order valence-electron chi connectivity index (χ2n) is 3.43. The van der Waals surface area contributed by atoms with Crippen molar-refractivity contribution in [2.45, 2.75) is 6.61 Å². The molecule has 0 aliphatic carbocycles. The standard InChI is InChI=1S/C6H5NO3.C6H7NO2/c8-5-3-1-2-4(7-5)6(9)10;8-4-5-2-1-3-6(9)7-5/h1-3H,(H,7,8)(H,9,10);1-3,8H,4H2,(H,7,9). The van der Waals surface area contributed by atoms with Crippen LogP contribution in [0.1, 0.15) is 16.2 Å². The van der Waals surface area contributed by atoms with Gasteiger partial charge in [0.25, 0.3) is 0 Å². The number of carboxylic acids is 1. The second-order valence-corrected chi connectivity index (χ2v) is 3.43. The maximum absolute atomic E-state index is 10.5. The number of nitrogens with one attached hydrogen (secondary N) is 2. The Balaban J connectivity index is 0.000000191. The van der Waals surface area contributed by atoms with Crippen LogP contribution in [-0.4, -0.2) is 26.2 Å². The summed E-state index contributed by atoms with van der Waals surface area (Å²) in [7, 11) is 0. The number of carboxylic acid groups (broad SMARTS) is 1. The summed E-state index contributed by atoms with van der Waals surface area (Å²) in [4.78, 5) is 35.7. The lowest BCUT2D eigenvalue weighted by Crippen LogP contribution is -2.10. The lowest BCUT2D eigenvalue weighted by atomic mass is 10.4. The molecule has 0 unspecified atom stereocenters. The molecule has 0 atom stereocenters. The van der Waals surface area contributed by atoms with Crippen molar-refractivity contribution in [3.05, 3.63) is 68.5 Å². The highest BCUT2D eigenvalue weighted by molar-refractivity contribution is 5.85. The zero-order valence-electron chi connectivity index (χ0n) is 9.79. The van der Waals surface area contributed by atoms with E-state index in [1.165, 1.54) is 24.3 Å². The number of pyridine rings is 2. The minimum atomic E-state index is -1.13. The van der Waals surface area contributed by atoms with E-state index in [0.29, 0.717) is 5.69 Å². The molecule has 4 N–H and O–H groups in total. The van der Waals surface area contributed by atoms with E-state index in [1.54, 1.807) is 12.1 Å². The fourth-order valence-electron chi connectivity index (χ4n) is 1.16. The van der Waals surface area contributed by atoms with Gasteiger partial charge in [-0.3, -0.25) is 9.59 Å². The van der Waals surface area contributed by atoms with Crippen molar-refractivity contribution in [2.24, 2.45) is 0 Å². The second kappa shape index (κ2) is 6.92. The minimum Gasteiger partial charge on any atom is -0.477 e. The smallest absolute Gasteiger partial charge is 0.352 e. The SMILES string of the molecule is O=C(O)c1cccc(=O)[nH]1.O=c1cccc(CO)[nH]1. The molecule has 0 fully saturated rings. The maximum Gasteiger partial charge on any atom is 0.352 e. The van der Waals surface area contributed by atoms with Crippen LogP contribution < -0.4 is 11.1 Å². The molecular formula is C12H12N2O5. The van der Waals surface area contributed by atoms with E-state index in [2.05, 4.69) is 9.97 Å². The zero-order chi connectivity index (χ0) is 14.3. The molecule has 0 amide bonds. The van der Waals surface area contributed by atoms with Gasteiger partial charge in [-0.05, 0) is 12.1 Å². The molecular weight excluding hydrogens is 252 g/mol. The molecule has 100 valence electrons. The number of aliphatic hydroxyl groups excluding tert-OH is 1. The quantitative estimate of drug-likeness (QED) is 0.605. The predicted octanol–water partition coefficient (Wildman–Crippen LogP) is -0.0597. The normalized spacial score (nSPS) is 9.32. The van der Waals surface area contributed by atoms with Crippen LogP contribution in [0.2, 0.25) is 0 Å². The van der Waals surface area contributed by atoms with Gasteiger partial charge in [-0.1, -0.05) is 12.1 Å². The van der Waals surface area contributed by atoms with Crippen LogP contribution in [0.5, 0.6) is 0 Å². The van der Waals surface area contributed by atoms with E-state index in [4.69, 9.17) is 10.2 Å². The molecule has 0 aliphatic heterocycles. The van der Waals surface area contributed by atoms with Gasteiger partial charge in [-0.15, -0.1) is 0 Å². The number of hydrogen-bond acceptors (Lipinski definition) is 4. The fraction of sp³-hybridized carbons (Fsp3) is 0.0833. The summed E-state index contributed by atoms with van der Waals surface area (Å²) in [6.07, 6.45) is 0. The summed E-state index contributed by atoms with van der Waals surface area (Å²) in [6, 6.07) is 8.63. The van der Waals surface area contributed by atoms with Crippen molar-refractivity contribution >= 4 is 5.97 Å². The van der Waals surface area contributed by atoms with Crippen molar-refractivity contribution in [1.82, 2.24) is 9.97 Å². The molecule has 0 aliphatic rings. The zero-order valence-corrected chi connectivity index (χ0v) is 9.79. The van der Waals surface area contributed by atoms with Gasteiger partial charge in [0.2, 0.25) is 11.1 Å². The first-order valence-electron chi connectivity index (χ1n) is 5.24. The molecule has 2 heterocycles. The monoisotopic (exact) mass is 264 g/mol. The number of rotatable bonds is 2. The largest absolute Gasteiger partial charge is 0.477 e. The fourth-order valence-corrected chi connectivity index (χ4v) is 1.16. The Kier molecular flexibility index (Phi) is 5.24. The molecule has 2 rings (SSSR count). The van der Waals surface area contributed by atoms with E-state index in [-0.39, 0.29) is 17.9 Å². The Hall–Kier alpha value is -2.67. The Bertz CT molecular complexity index is 659. The molecule has 0 saturated carbocycles. The van der Waals surface area contributed by atoms with Crippen molar-refractivity contribution in [2.75, 3.05) is 0 Å². The van der Waals surface area contributed by atoms with Crippen LogP contribution in [0.15, 0.2) is 46.0 Å². The van der Waals surface area contributed by atoms with Crippen LogP contribution in [0.4, 0.5) is 0 Å². The lowest BCUT2D eigenvalue weighted by Gasteiger charge is -1.90. The van der Waals surface area contributed by atoms with Crippen LogP contribution in [0.25, 0.3) is 0 Å². The summed E-state index contributed by atoms with van der Waals surface area (Å²) < 4.78 is 0. The van der Waals surface area contributed by atoms with E-state index in [1.807, 2.05) is 0 Å². The van der Waals surface area contributed by atoms with Gasteiger partial charge in [0.1, 0.15) is 5.69 Å². The molecule has 19 heavy (non-hydrogen) atoms. The molecule has 0 bridgehead atoms. The van der Waals surface area contributed by atoms with Gasteiger partial charge in [0, 0.05) is 17.8 Å². The highest BCUT2D eigenvalue weighted by Crippen LogP contribution is 1.87. The van der Waals surface area contributed by atoms with Gasteiger partial charge in [0.15, 0.2) is 0 Å². The first kappa shape index (κ1) is 14.4. The predicted molar refractivity (Wildman–Crippen MR) is 67.0 cm³/mol. The lowest BCUT2D eigenvalue weighted by molar-refractivity contribution is 0.0690. The molecule has 7 nitrogen and oxygen atoms in total. The molecule has 0 radical (unpaired) electrons. The Morgan fingerprint density at radius 2 is 1.58 bits per heavy atom. The molecule has 2 aromatic rings. The third-order valence-electron chi connectivity index (χ3n) is 2.00. The Morgan fingerprint density at radius 3 is 1.95 bits per heavy atom. The van der Waals surface area contributed by atoms with Gasteiger partial charge < -0.3 is 20.2 Å². The Morgan fingerprint density at radius 1 is 1.00 bits per heavy atom. The number of aliphatic hydroxyl groups is 1. The molecule has 0 saturated heterocycles. The third kappa shape index (κ3) is 5.00. The van der Waals surface area contributed by atoms with E-state index in [0.717, 1.165) is 0 Å². The molecule has 0 aromatic carbocycles.